The van der Waals surface area contributed by atoms with Gasteiger partial charge in [0.2, 0.25) is 0 Å². The molecule has 16 heavy (non-hydrogen) atoms. The van der Waals surface area contributed by atoms with Gasteiger partial charge < -0.3 is 14.8 Å². The molecule has 2 heterocycles. The smallest absolute Gasteiger partial charge is 0.322 e. The molecule has 0 radical (unpaired) electrons. The van der Waals surface area contributed by atoms with Crippen molar-refractivity contribution in [3.05, 3.63) is 0 Å². The molecule has 1 aliphatic carbocycles. The van der Waals surface area contributed by atoms with Crippen LogP contribution in [0.2, 0.25) is 0 Å². The molecule has 2 saturated heterocycles. The number of carbonyl (C=O) groups excluding carboxylic acids is 2. The molecular weight excluding hydrogens is 212 g/mol. The predicted octanol–water partition coefficient (Wildman–Crippen LogP) is -0.118. The third-order valence-corrected chi connectivity index (χ3v) is 3.56. The fraction of sp³-hybridized carbons (Fsp3) is 0.800. The molecule has 0 aromatic heterocycles. The number of amides is 3. The van der Waals surface area contributed by atoms with E-state index in [1.807, 2.05) is 0 Å². The molecule has 0 bridgehead atoms. The highest BCUT2D eigenvalue weighted by molar-refractivity contribution is 6.07. The molecule has 0 aromatic rings. The molecule has 3 fully saturated rings. The van der Waals surface area contributed by atoms with Gasteiger partial charge in [0.1, 0.15) is 5.54 Å². The molecule has 88 valence electrons. The highest BCUT2D eigenvalue weighted by Crippen LogP contribution is 2.41. The van der Waals surface area contributed by atoms with Crippen molar-refractivity contribution in [2.45, 2.75) is 37.0 Å². The first-order valence-electron chi connectivity index (χ1n) is 5.56. The summed E-state index contributed by atoms with van der Waals surface area (Å²) in [7, 11) is 0. The van der Waals surface area contributed by atoms with E-state index < -0.39 is 17.4 Å². The lowest BCUT2D eigenvalue weighted by Crippen LogP contribution is -2.56. The van der Waals surface area contributed by atoms with E-state index in [-0.39, 0.29) is 5.91 Å². The van der Waals surface area contributed by atoms with E-state index >= 15 is 0 Å². The van der Waals surface area contributed by atoms with Gasteiger partial charge in [0, 0.05) is 12.8 Å². The summed E-state index contributed by atoms with van der Waals surface area (Å²) in [5.41, 5.74) is -0.820. The number of carbonyl (C=O) groups is 2. The average Bonchev–Trinajstić information content (AvgIpc) is 2.75. The van der Waals surface area contributed by atoms with Crippen LogP contribution in [0.25, 0.3) is 0 Å². The van der Waals surface area contributed by atoms with E-state index in [0.717, 1.165) is 12.8 Å². The molecule has 6 nitrogen and oxygen atoms in total. The van der Waals surface area contributed by atoms with Crippen molar-refractivity contribution in [3.8, 4) is 0 Å². The highest BCUT2D eigenvalue weighted by Gasteiger charge is 2.55. The zero-order valence-corrected chi connectivity index (χ0v) is 8.88. The van der Waals surface area contributed by atoms with Crippen LogP contribution in [0.15, 0.2) is 0 Å². The van der Waals surface area contributed by atoms with Crippen molar-refractivity contribution >= 4 is 11.9 Å². The lowest BCUT2D eigenvalue weighted by molar-refractivity contribution is -0.192. The average molecular weight is 226 g/mol. The summed E-state index contributed by atoms with van der Waals surface area (Å²) in [5.74, 6) is -0.914. The molecular formula is C10H14N2O4. The van der Waals surface area contributed by atoms with Crippen LogP contribution in [-0.2, 0) is 14.3 Å². The molecule has 1 saturated carbocycles. The summed E-state index contributed by atoms with van der Waals surface area (Å²) < 4.78 is 11.2. The second-order valence-electron chi connectivity index (χ2n) is 4.63. The summed E-state index contributed by atoms with van der Waals surface area (Å²) in [6, 6.07) is -0.417. The zero-order chi connectivity index (χ0) is 11.2. The topological polar surface area (TPSA) is 76.7 Å². The van der Waals surface area contributed by atoms with Crippen molar-refractivity contribution in [2.24, 2.45) is 0 Å². The van der Waals surface area contributed by atoms with Crippen molar-refractivity contribution in [2.75, 3.05) is 13.2 Å². The van der Waals surface area contributed by atoms with Crippen LogP contribution in [0.1, 0.15) is 25.7 Å². The van der Waals surface area contributed by atoms with Gasteiger partial charge in [-0.25, -0.2) is 4.79 Å². The Hall–Kier alpha value is -1.14. The van der Waals surface area contributed by atoms with Crippen LogP contribution in [-0.4, -0.2) is 36.5 Å². The number of nitrogens with one attached hydrogen (secondary N) is 2. The van der Waals surface area contributed by atoms with Gasteiger partial charge in [-0.3, -0.25) is 10.1 Å². The van der Waals surface area contributed by atoms with Crippen LogP contribution in [0.4, 0.5) is 4.79 Å². The fourth-order valence-electron chi connectivity index (χ4n) is 2.87. The van der Waals surface area contributed by atoms with E-state index in [4.69, 9.17) is 9.47 Å². The first-order valence-corrected chi connectivity index (χ1v) is 5.56. The molecule has 2 spiro atoms. The quantitative estimate of drug-likeness (QED) is 0.565. The third kappa shape index (κ3) is 1.33. The minimum absolute atomic E-state index is 0.254. The van der Waals surface area contributed by atoms with Gasteiger partial charge in [-0.1, -0.05) is 0 Å². The van der Waals surface area contributed by atoms with E-state index in [0.29, 0.717) is 26.1 Å². The Labute approximate surface area is 92.7 Å². The lowest BCUT2D eigenvalue weighted by Gasteiger charge is -2.40. The van der Waals surface area contributed by atoms with Gasteiger partial charge in [0.15, 0.2) is 5.79 Å². The summed E-state index contributed by atoms with van der Waals surface area (Å²) >= 11 is 0. The van der Waals surface area contributed by atoms with E-state index in [1.54, 1.807) is 0 Å². The van der Waals surface area contributed by atoms with Crippen molar-refractivity contribution in [1.82, 2.24) is 10.6 Å². The predicted molar refractivity (Wildman–Crippen MR) is 52.5 cm³/mol. The standard InChI is InChI=1S/C10H14N2O4/c13-7-9(12-8(14)11-7)2-1-3-10(6-9)15-4-5-16-10/h1-6H2,(H2,11,12,13,14)/t9-/m0/s1. The van der Waals surface area contributed by atoms with E-state index in [9.17, 15) is 9.59 Å². The molecule has 1 atom stereocenters. The highest BCUT2D eigenvalue weighted by atomic mass is 16.7. The second-order valence-corrected chi connectivity index (χ2v) is 4.63. The Kier molecular flexibility index (Phi) is 1.99. The molecule has 2 N–H and O–H groups in total. The van der Waals surface area contributed by atoms with Gasteiger partial charge in [0.25, 0.3) is 5.91 Å². The van der Waals surface area contributed by atoms with Crippen LogP contribution in [0.3, 0.4) is 0 Å². The van der Waals surface area contributed by atoms with E-state index in [1.165, 1.54) is 0 Å². The Bertz CT molecular complexity index is 351. The molecule has 0 aromatic carbocycles. The van der Waals surface area contributed by atoms with Gasteiger partial charge >= 0.3 is 6.03 Å². The Morgan fingerprint density at radius 1 is 1.12 bits per heavy atom. The number of hydrogen-bond acceptors (Lipinski definition) is 4. The number of rotatable bonds is 0. The van der Waals surface area contributed by atoms with Crippen molar-refractivity contribution in [1.29, 1.82) is 0 Å². The molecule has 2 aliphatic heterocycles. The van der Waals surface area contributed by atoms with E-state index in [2.05, 4.69) is 10.6 Å². The fourth-order valence-corrected chi connectivity index (χ4v) is 2.87. The van der Waals surface area contributed by atoms with Gasteiger partial charge in [-0.05, 0) is 12.8 Å². The Balaban J connectivity index is 1.86. The Morgan fingerprint density at radius 2 is 1.88 bits per heavy atom. The summed E-state index contributed by atoms with van der Waals surface area (Å²) in [4.78, 5) is 23.0. The second kappa shape index (κ2) is 3.18. The van der Waals surface area contributed by atoms with Crippen molar-refractivity contribution < 1.29 is 19.1 Å². The minimum Gasteiger partial charge on any atom is -0.347 e. The maximum Gasteiger partial charge on any atom is 0.322 e. The maximum atomic E-state index is 11.8. The van der Waals surface area contributed by atoms with Gasteiger partial charge in [0.05, 0.1) is 13.2 Å². The summed E-state index contributed by atoms with van der Waals surface area (Å²) in [6.45, 7) is 1.12. The lowest BCUT2D eigenvalue weighted by atomic mass is 9.78. The number of ether oxygens (including phenoxy) is 2. The Morgan fingerprint density at radius 3 is 2.50 bits per heavy atom. The molecule has 3 rings (SSSR count). The van der Waals surface area contributed by atoms with Crippen molar-refractivity contribution in [3.63, 3.8) is 0 Å². The zero-order valence-electron chi connectivity index (χ0n) is 8.88. The summed E-state index contributed by atoms with van der Waals surface area (Å²) in [5, 5.41) is 4.99. The monoisotopic (exact) mass is 226 g/mol. The molecule has 3 amide bonds. The molecule has 3 aliphatic rings. The minimum atomic E-state index is -0.820. The first kappa shape index (κ1) is 10.0. The summed E-state index contributed by atoms with van der Waals surface area (Å²) in [6.07, 6.45) is 2.67. The normalized spacial score (nSPS) is 36.8. The largest absolute Gasteiger partial charge is 0.347 e. The first-order chi connectivity index (χ1) is 7.64. The van der Waals surface area contributed by atoms with Gasteiger partial charge in [-0.15, -0.1) is 0 Å². The SMILES string of the molecule is O=C1NC(=O)[C@@]2(CCCC3(C2)OCCO3)N1. The van der Waals surface area contributed by atoms with Crippen LogP contribution in [0.5, 0.6) is 0 Å². The molecule has 0 unspecified atom stereocenters. The van der Waals surface area contributed by atoms with Crippen LogP contribution < -0.4 is 10.6 Å². The molecule has 6 heteroatoms. The van der Waals surface area contributed by atoms with Crippen LogP contribution >= 0.6 is 0 Å². The third-order valence-electron chi connectivity index (χ3n) is 3.56. The van der Waals surface area contributed by atoms with Crippen LogP contribution in [0, 0.1) is 0 Å². The maximum absolute atomic E-state index is 11.8. The number of urea groups is 1. The number of imide groups is 1. The number of hydrogen-bond donors (Lipinski definition) is 2. The van der Waals surface area contributed by atoms with Gasteiger partial charge in [-0.2, -0.15) is 0 Å².